The molecule has 19 heavy (non-hydrogen) atoms. The molecule has 100 valence electrons. The molecular formula is C12H14ClN5O. The second-order valence-electron chi connectivity index (χ2n) is 4.56. The molecule has 0 saturated carbocycles. The third-order valence-corrected chi connectivity index (χ3v) is 3.45. The van der Waals surface area contributed by atoms with Crippen molar-refractivity contribution in [1.29, 1.82) is 0 Å². The maximum Gasteiger partial charge on any atom is 0.268 e. The Kier molecular flexibility index (Phi) is 3.25. The van der Waals surface area contributed by atoms with Crippen molar-refractivity contribution < 1.29 is 4.79 Å². The van der Waals surface area contributed by atoms with E-state index in [1.165, 1.54) is 0 Å². The second-order valence-corrected chi connectivity index (χ2v) is 4.99. The monoisotopic (exact) mass is 279 g/mol. The van der Waals surface area contributed by atoms with Crippen LogP contribution in [-0.4, -0.2) is 25.7 Å². The van der Waals surface area contributed by atoms with Crippen LogP contribution in [-0.2, 0) is 19.5 Å². The lowest BCUT2D eigenvalue weighted by Crippen LogP contribution is -2.25. The number of carbonyl (C=O) groups excluding carboxylic acids is 1. The maximum absolute atomic E-state index is 11.9. The van der Waals surface area contributed by atoms with Crippen LogP contribution in [0.3, 0.4) is 0 Å². The Hall–Kier alpha value is -1.82. The lowest BCUT2D eigenvalue weighted by Gasteiger charge is -2.14. The highest BCUT2D eigenvalue weighted by Gasteiger charge is 2.16. The molecule has 0 atom stereocenters. The van der Waals surface area contributed by atoms with Gasteiger partial charge in [-0.15, -0.1) is 10.2 Å². The zero-order valence-electron chi connectivity index (χ0n) is 10.3. The van der Waals surface area contributed by atoms with Gasteiger partial charge in [0.15, 0.2) is 5.82 Å². The molecule has 2 aromatic rings. The van der Waals surface area contributed by atoms with Crippen molar-refractivity contribution in [3.63, 3.8) is 0 Å². The number of aromatic nitrogens is 4. The molecule has 1 aliphatic heterocycles. The van der Waals surface area contributed by atoms with Crippen LogP contribution >= 0.6 is 11.6 Å². The van der Waals surface area contributed by atoms with Crippen molar-refractivity contribution in [3.8, 4) is 0 Å². The van der Waals surface area contributed by atoms with Crippen molar-refractivity contribution in [1.82, 2.24) is 25.1 Å². The van der Waals surface area contributed by atoms with Crippen molar-refractivity contribution in [2.45, 2.75) is 32.4 Å². The Balaban J connectivity index is 1.66. The van der Waals surface area contributed by atoms with Crippen LogP contribution < -0.4 is 5.32 Å². The molecule has 3 rings (SSSR count). The summed E-state index contributed by atoms with van der Waals surface area (Å²) in [6.07, 6.45) is 4.84. The fourth-order valence-corrected chi connectivity index (χ4v) is 2.42. The minimum absolute atomic E-state index is 0.194. The lowest BCUT2D eigenvalue weighted by atomic mass is 10.2. The minimum atomic E-state index is -0.194. The normalized spacial score (nSPS) is 14.2. The first-order valence-electron chi connectivity index (χ1n) is 6.27. The van der Waals surface area contributed by atoms with Crippen molar-refractivity contribution in [3.05, 3.63) is 34.6 Å². The third-order valence-electron chi connectivity index (χ3n) is 3.24. The van der Waals surface area contributed by atoms with E-state index in [1.807, 2.05) is 0 Å². The number of aryl methyl sites for hydroxylation is 1. The number of aromatic amines is 1. The van der Waals surface area contributed by atoms with Gasteiger partial charge in [0, 0.05) is 19.2 Å². The van der Waals surface area contributed by atoms with Crippen LogP contribution in [0, 0.1) is 0 Å². The zero-order valence-corrected chi connectivity index (χ0v) is 11.1. The van der Waals surface area contributed by atoms with Crippen LogP contribution in [0.2, 0.25) is 5.02 Å². The van der Waals surface area contributed by atoms with Gasteiger partial charge >= 0.3 is 0 Å². The fraction of sp³-hybridized carbons (Fsp3) is 0.417. The van der Waals surface area contributed by atoms with E-state index >= 15 is 0 Å². The summed E-state index contributed by atoms with van der Waals surface area (Å²) in [5.74, 6) is 1.62. The summed E-state index contributed by atoms with van der Waals surface area (Å²) in [7, 11) is 0. The Labute approximate surface area is 115 Å². The van der Waals surface area contributed by atoms with Gasteiger partial charge in [-0.25, -0.2) is 0 Å². The van der Waals surface area contributed by atoms with Gasteiger partial charge in [-0.1, -0.05) is 11.6 Å². The Morgan fingerprint density at radius 2 is 2.37 bits per heavy atom. The van der Waals surface area contributed by atoms with Gasteiger partial charge in [-0.05, 0) is 18.9 Å². The van der Waals surface area contributed by atoms with Crippen LogP contribution in [0.25, 0.3) is 0 Å². The Bertz CT molecular complexity index is 603. The average Bonchev–Trinajstić information content (AvgIpc) is 3.02. The molecule has 0 bridgehead atoms. The number of carbonyl (C=O) groups is 1. The fourth-order valence-electron chi connectivity index (χ4n) is 2.25. The van der Waals surface area contributed by atoms with E-state index in [2.05, 4.69) is 25.1 Å². The van der Waals surface area contributed by atoms with E-state index in [0.717, 1.165) is 37.5 Å². The van der Waals surface area contributed by atoms with Gasteiger partial charge in [-0.3, -0.25) is 4.79 Å². The molecule has 2 aromatic heterocycles. The lowest BCUT2D eigenvalue weighted by molar-refractivity contribution is 0.0945. The number of hydrogen-bond donors (Lipinski definition) is 2. The molecule has 1 aliphatic rings. The molecule has 0 fully saturated rings. The highest BCUT2D eigenvalue weighted by Crippen LogP contribution is 2.14. The number of halogens is 1. The predicted octanol–water partition coefficient (Wildman–Crippen LogP) is 1.53. The molecule has 6 nitrogen and oxygen atoms in total. The van der Waals surface area contributed by atoms with E-state index in [0.29, 0.717) is 17.3 Å². The van der Waals surface area contributed by atoms with Gasteiger partial charge < -0.3 is 14.9 Å². The van der Waals surface area contributed by atoms with E-state index in [-0.39, 0.29) is 5.91 Å². The SMILES string of the molecule is O=C(NCc1nnc2n1CCCC2)c1cc(Cl)c[nH]1. The van der Waals surface area contributed by atoms with E-state index in [1.54, 1.807) is 12.3 Å². The first-order valence-corrected chi connectivity index (χ1v) is 6.65. The summed E-state index contributed by atoms with van der Waals surface area (Å²) < 4.78 is 2.09. The molecule has 3 heterocycles. The number of rotatable bonds is 3. The van der Waals surface area contributed by atoms with Gasteiger partial charge in [0.25, 0.3) is 5.91 Å². The number of nitrogens with one attached hydrogen (secondary N) is 2. The number of fused-ring (bicyclic) bond motifs is 1. The minimum Gasteiger partial charge on any atom is -0.356 e. The number of nitrogens with zero attached hydrogens (tertiary/aromatic N) is 3. The van der Waals surface area contributed by atoms with E-state index < -0.39 is 0 Å². The van der Waals surface area contributed by atoms with Crippen molar-refractivity contribution in [2.24, 2.45) is 0 Å². The Morgan fingerprint density at radius 1 is 1.47 bits per heavy atom. The third kappa shape index (κ3) is 2.49. The highest BCUT2D eigenvalue weighted by atomic mass is 35.5. The first-order chi connectivity index (χ1) is 9.24. The summed E-state index contributed by atoms with van der Waals surface area (Å²) >= 11 is 5.76. The summed E-state index contributed by atoms with van der Waals surface area (Å²) in [6.45, 7) is 1.31. The maximum atomic E-state index is 11.9. The molecule has 0 saturated heterocycles. The summed E-state index contributed by atoms with van der Waals surface area (Å²) in [5.41, 5.74) is 0.448. The number of hydrogen-bond acceptors (Lipinski definition) is 3. The Morgan fingerprint density at radius 3 is 3.16 bits per heavy atom. The number of amides is 1. The van der Waals surface area contributed by atoms with E-state index in [4.69, 9.17) is 11.6 Å². The van der Waals surface area contributed by atoms with E-state index in [9.17, 15) is 4.79 Å². The van der Waals surface area contributed by atoms with Crippen LogP contribution in [0.5, 0.6) is 0 Å². The smallest absolute Gasteiger partial charge is 0.268 e. The first kappa shape index (κ1) is 12.2. The summed E-state index contributed by atoms with van der Waals surface area (Å²) in [6, 6.07) is 1.59. The molecule has 0 unspecified atom stereocenters. The van der Waals surface area contributed by atoms with Gasteiger partial charge in [0.05, 0.1) is 11.6 Å². The van der Waals surface area contributed by atoms with Gasteiger partial charge in [0.1, 0.15) is 11.5 Å². The largest absolute Gasteiger partial charge is 0.356 e. The quantitative estimate of drug-likeness (QED) is 0.894. The molecule has 2 N–H and O–H groups in total. The van der Waals surface area contributed by atoms with Crippen LogP contribution in [0.4, 0.5) is 0 Å². The standard InChI is InChI=1S/C12H14ClN5O/c13-8-5-9(14-6-8)12(19)15-7-11-17-16-10-3-1-2-4-18(10)11/h5-6,14H,1-4,7H2,(H,15,19). The van der Waals surface area contributed by atoms with Crippen LogP contribution in [0.1, 0.15) is 35.0 Å². The van der Waals surface area contributed by atoms with Crippen molar-refractivity contribution >= 4 is 17.5 Å². The zero-order chi connectivity index (χ0) is 13.2. The highest BCUT2D eigenvalue weighted by molar-refractivity contribution is 6.30. The van der Waals surface area contributed by atoms with Gasteiger partial charge in [0.2, 0.25) is 0 Å². The average molecular weight is 280 g/mol. The van der Waals surface area contributed by atoms with Gasteiger partial charge in [-0.2, -0.15) is 0 Å². The van der Waals surface area contributed by atoms with Crippen LogP contribution in [0.15, 0.2) is 12.3 Å². The molecule has 1 amide bonds. The molecule has 0 aliphatic carbocycles. The summed E-state index contributed by atoms with van der Waals surface area (Å²) in [5, 5.41) is 11.6. The second kappa shape index (κ2) is 5.05. The van der Waals surface area contributed by atoms with Crippen molar-refractivity contribution in [2.75, 3.05) is 0 Å². The topological polar surface area (TPSA) is 75.6 Å². The molecule has 0 radical (unpaired) electrons. The molecule has 7 heteroatoms. The number of H-pyrrole nitrogens is 1. The molecule has 0 aromatic carbocycles. The summed E-state index contributed by atoms with van der Waals surface area (Å²) in [4.78, 5) is 14.7. The molecular weight excluding hydrogens is 266 g/mol. The molecule has 0 spiro atoms. The predicted molar refractivity (Wildman–Crippen MR) is 69.9 cm³/mol.